The normalized spacial score (nSPS) is 15.1. The fourth-order valence-corrected chi connectivity index (χ4v) is 4.10. The summed E-state index contributed by atoms with van der Waals surface area (Å²) in [6.07, 6.45) is 6.92. The van der Waals surface area contributed by atoms with Crippen LogP contribution in [0.3, 0.4) is 0 Å². The number of hydrogen-bond acceptors (Lipinski definition) is 7. The lowest BCUT2D eigenvalue weighted by Gasteiger charge is -2.36. The predicted octanol–water partition coefficient (Wildman–Crippen LogP) is 4.82. The van der Waals surface area contributed by atoms with Crippen molar-refractivity contribution in [2.45, 2.75) is 124 Å². The fourth-order valence-electron chi connectivity index (χ4n) is 4.10. The number of amides is 2. The molecule has 0 unspecified atom stereocenters. The van der Waals surface area contributed by atoms with E-state index in [1.165, 1.54) is 6.42 Å². The molecule has 0 saturated heterocycles. The first kappa shape index (κ1) is 28.8. The van der Waals surface area contributed by atoms with Crippen LogP contribution >= 0.6 is 0 Å². The highest BCUT2D eigenvalue weighted by atomic mass is 16.6. The number of rotatable bonds is 10. The molecule has 1 saturated carbocycles. The molecule has 35 heavy (non-hydrogen) atoms. The van der Waals surface area contributed by atoms with Crippen molar-refractivity contribution < 1.29 is 19.1 Å². The molecule has 0 aliphatic heterocycles. The predicted molar refractivity (Wildman–Crippen MR) is 134 cm³/mol. The minimum absolute atomic E-state index is 0.194. The van der Waals surface area contributed by atoms with Crippen LogP contribution in [0.5, 0.6) is 0 Å². The third-order valence-corrected chi connectivity index (χ3v) is 5.72. The van der Waals surface area contributed by atoms with Crippen molar-refractivity contribution in [3.05, 3.63) is 5.82 Å². The maximum absolute atomic E-state index is 13.0. The first-order valence-electron chi connectivity index (χ1n) is 13.1. The molecule has 0 aromatic carbocycles. The van der Waals surface area contributed by atoms with E-state index in [9.17, 15) is 9.59 Å². The lowest BCUT2D eigenvalue weighted by atomic mass is 9.94. The first-order chi connectivity index (χ1) is 16.4. The van der Waals surface area contributed by atoms with E-state index < -0.39 is 11.2 Å². The van der Waals surface area contributed by atoms with Gasteiger partial charge in [0.05, 0.1) is 6.54 Å². The zero-order valence-corrected chi connectivity index (χ0v) is 22.9. The van der Waals surface area contributed by atoms with Gasteiger partial charge in [0.1, 0.15) is 11.2 Å². The number of nitrogens with zero attached hydrogens (tertiary/aromatic N) is 6. The second-order valence-corrected chi connectivity index (χ2v) is 11.3. The summed E-state index contributed by atoms with van der Waals surface area (Å²) in [5.74, 6) is 0.707. The zero-order chi connectivity index (χ0) is 26.1. The van der Waals surface area contributed by atoms with Crippen molar-refractivity contribution in [2.24, 2.45) is 0 Å². The SMILES string of the molecule is CCc1nnn(CCCN(CCCN(C(=O)OC(C)(C)C)C2CCCCC2)C(=O)OC(C)(C)C)n1. The fraction of sp³-hybridized carbons (Fsp3) is 0.880. The Kier molecular flexibility index (Phi) is 10.8. The summed E-state index contributed by atoms with van der Waals surface area (Å²) in [4.78, 5) is 31.1. The van der Waals surface area contributed by atoms with Crippen molar-refractivity contribution in [3.63, 3.8) is 0 Å². The summed E-state index contributed by atoms with van der Waals surface area (Å²) in [5.41, 5.74) is -1.12. The van der Waals surface area contributed by atoms with Crippen LogP contribution in [0.1, 0.15) is 99.2 Å². The van der Waals surface area contributed by atoms with Gasteiger partial charge in [0.15, 0.2) is 5.82 Å². The van der Waals surface area contributed by atoms with Gasteiger partial charge in [-0.05, 0) is 72.4 Å². The number of tetrazole rings is 1. The number of carbonyl (C=O) groups excluding carboxylic acids is 2. The van der Waals surface area contributed by atoms with Crippen LogP contribution in [-0.2, 0) is 22.4 Å². The van der Waals surface area contributed by atoms with E-state index in [2.05, 4.69) is 15.4 Å². The average molecular weight is 495 g/mol. The molecule has 0 spiro atoms. The monoisotopic (exact) mass is 494 g/mol. The molecule has 1 aliphatic carbocycles. The van der Waals surface area contributed by atoms with E-state index >= 15 is 0 Å². The molecular weight excluding hydrogens is 448 g/mol. The van der Waals surface area contributed by atoms with Crippen LogP contribution in [0, 0.1) is 0 Å². The Morgan fingerprint density at radius 3 is 2.09 bits per heavy atom. The van der Waals surface area contributed by atoms with Gasteiger partial charge < -0.3 is 19.3 Å². The Hall–Kier alpha value is -2.39. The summed E-state index contributed by atoms with van der Waals surface area (Å²) in [7, 11) is 0. The van der Waals surface area contributed by atoms with Crippen LogP contribution in [0.4, 0.5) is 9.59 Å². The van der Waals surface area contributed by atoms with Crippen molar-refractivity contribution in [1.82, 2.24) is 30.0 Å². The van der Waals surface area contributed by atoms with E-state index in [0.29, 0.717) is 44.8 Å². The molecule has 1 aromatic heterocycles. The molecule has 0 atom stereocenters. The Labute approximate surface area is 210 Å². The molecular formula is C25H46N6O4. The Morgan fingerprint density at radius 1 is 0.914 bits per heavy atom. The number of ether oxygens (including phenoxy) is 2. The lowest BCUT2D eigenvalue weighted by molar-refractivity contribution is 0.00994. The second-order valence-electron chi connectivity index (χ2n) is 11.3. The maximum atomic E-state index is 13.0. The highest BCUT2D eigenvalue weighted by Gasteiger charge is 2.30. The quantitative estimate of drug-likeness (QED) is 0.459. The molecule has 1 aliphatic rings. The molecule has 1 fully saturated rings. The third kappa shape index (κ3) is 10.8. The Balaban J connectivity index is 1.99. The summed E-state index contributed by atoms with van der Waals surface area (Å²) in [6, 6.07) is 0.194. The Bertz CT molecular complexity index is 793. The molecule has 200 valence electrons. The van der Waals surface area contributed by atoms with Crippen molar-refractivity contribution in [2.75, 3.05) is 19.6 Å². The van der Waals surface area contributed by atoms with E-state index in [1.54, 1.807) is 9.70 Å². The maximum Gasteiger partial charge on any atom is 0.410 e. The lowest BCUT2D eigenvalue weighted by Crippen LogP contribution is -2.46. The van der Waals surface area contributed by atoms with Crippen LogP contribution in [-0.4, -0.2) is 79.1 Å². The van der Waals surface area contributed by atoms with E-state index in [-0.39, 0.29) is 18.2 Å². The van der Waals surface area contributed by atoms with Gasteiger partial charge in [-0.1, -0.05) is 26.2 Å². The molecule has 2 amide bonds. The second kappa shape index (κ2) is 13.1. The Morgan fingerprint density at radius 2 is 1.51 bits per heavy atom. The molecule has 1 heterocycles. The standard InChI is InChI=1S/C25H46N6O4/c1-8-21-26-28-31(27-21)19-13-17-29(22(32)34-24(2,3)4)16-12-18-30(20-14-10-9-11-15-20)23(33)35-25(5,6)7/h20H,8-19H2,1-7H3. The van der Waals surface area contributed by atoms with Gasteiger partial charge in [-0.2, -0.15) is 4.80 Å². The minimum Gasteiger partial charge on any atom is -0.444 e. The van der Waals surface area contributed by atoms with Crippen LogP contribution in [0.25, 0.3) is 0 Å². The van der Waals surface area contributed by atoms with E-state index in [0.717, 1.165) is 32.1 Å². The van der Waals surface area contributed by atoms with Gasteiger partial charge in [-0.3, -0.25) is 0 Å². The van der Waals surface area contributed by atoms with E-state index in [1.807, 2.05) is 53.4 Å². The molecule has 0 bridgehead atoms. The van der Waals surface area contributed by atoms with Crippen molar-refractivity contribution in [1.29, 1.82) is 0 Å². The number of hydrogen-bond donors (Lipinski definition) is 0. The topological polar surface area (TPSA) is 103 Å². The van der Waals surface area contributed by atoms with Crippen LogP contribution < -0.4 is 0 Å². The summed E-state index contributed by atoms with van der Waals surface area (Å²) in [5, 5.41) is 12.4. The first-order valence-corrected chi connectivity index (χ1v) is 13.1. The molecule has 1 aromatic rings. The highest BCUT2D eigenvalue weighted by Crippen LogP contribution is 2.25. The van der Waals surface area contributed by atoms with Crippen LogP contribution in [0.15, 0.2) is 0 Å². The van der Waals surface area contributed by atoms with Gasteiger partial charge in [0.2, 0.25) is 0 Å². The molecule has 2 rings (SSSR count). The van der Waals surface area contributed by atoms with Gasteiger partial charge >= 0.3 is 12.2 Å². The number of carbonyl (C=O) groups is 2. The van der Waals surface area contributed by atoms with Crippen molar-refractivity contribution in [3.8, 4) is 0 Å². The largest absolute Gasteiger partial charge is 0.444 e. The summed E-state index contributed by atoms with van der Waals surface area (Å²) in [6.45, 7) is 15.4. The summed E-state index contributed by atoms with van der Waals surface area (Å²) >= 11 is 0. The van der Waals surface area contributed by atoms with Gasteiger partial charge in [0.25, 0.3) is 0 Å². The van der Waals surface area contributed by atoms with Crippen molar-refractivity contribution >= 4 is 12.2 Å². The number of aromatic nitrogens is 4. The van der Waals surface area contributed by atoms with E-state index in [4.69, 9.17) is 9.47 Å². The minimum atomic E-state index is -0.580. The molecule has 10 heteroatoms. The number of aryl methyl sites for hydroxylation is 2. The molecule has 10 nitrogen and oxygen atoms in total. The van der Waals surface area contributed by atoms with Gasteiger partial charge in [0, 0.05) is 32.1 Å². The zero-order valence-electron chi connectivity index (χ0n) is 22.9. The summed E-state index contributed by atoms with van der Waals surface area (Å²) < 4.78 is 11.4. The van der Waals surface area contributed by atoms with Crippen LogP contribution in [0.2, 0.25) is 0 Å². The average Bonchev–Trinajstić information content (AvgIpc) is 3.21. The van der Waals surface area contributed by atoms with Gasteiger partial charge in [-0.15, -0.1) is 10.2 Å². The third-order valence-electron chi connectivity index (χ3n) is 5.72. The highest BCUT2D eigenvalue weighted by molar-refractivity contribution is 5.69. The molecule has 0 radical (unpaired) electrons. The smallest absolute Gasteiger partial charge is 0.410 e. The molecule has 0 N–H and O–H groups in total. The van der Waals surface area contributed by atoms with Gasteiger partial charge in [-0.25, -0.2) is 9.59 Å².